The molecule has 6 heteroatoms. The molecule has 2 rings (SSSR count). The molecule has 90 valence electrons. The van der Waals surface area contributed by atoms with Crippen LogP contribution in [0.2, 0.25) is 0 Å². The first-order valence-corrected chi connectivity index (χ1v) is 6.18. The summed E-state index contributed by atoms with van der Waals surface area (Å²) < 4.78 is 1.64. The molecular formula is C11H13BrN4O. The average Bonchev–Trinajstić information content (AvgIpc) is 2.70. The molecule has 0 aromatic carbocycles. The quantitative estimate of drug-likeness (QED) is 0.808. The summed E-state index contributed by atoms with van der Waals surface area (Å²) in [6, 6.07) is 0. The fraction of sp³-hybridized carbons (Fsp3) is 0.364. The Labute approximate surface area is 108 Å². The lowest BCUT2D eigenvalue weighted by molar-refractivity contribution is 0.0799. The van der Waals surface area contributed by atoms with Gasteiger partial charge in [0.05, 0.1) is 23.5 Å². The second-order valence-corrected chi connectivity index (χ2v) is 5.49. The predicted molar refractivity (Wildman–Crippen MR) is 68.3 cm³/mol. The molecule has 1 unspecified atom stereocenters. The summed E-state index contributed by atoms with van der Waals surface area (Å²) in [5.41, 5.74) is 1.31. The van der Waals surface area contributed by atoms with Gasteiger partial charge in [-0.1, -0.05) is 22.9 Å². The van der Waals surface area contributed by atoms with Crippen molar-refractivity contribution in [2.75, 3.05) is 13.6 Å². The largest absolute Gasteiger partial charge is 0.340 e. The zero-order chi connectivity index (χ0) is 12.4. The van der Waals surface area contributed by atoms with Crippen molar-refractivity contribution >= 4 is 27.4 Å². The average molecular weight is 297 g/mol. The normalized spacial score (nSPS) is 12.6. The van der Waals surface area contributed by atoms with Gasteiger partial charge in [-0.05, 0) is 0 Å². The number of carbonyl (C=O) groups is 1. The third kappa shape index (κ3) is 2.46. The Bertz CT molecular complexity index is 537. The van der Waals surface area contributed by atoms with Crippen LogP contribution < -0.4 is 0 Å². The smallest absolute Gasteiger partial charge is 0.257 e. The van der Waals surface area contributed by atoms with E-state index < -0.39 is 0 Å². The molecule has 0 fully saturated rings. The van der Waals surface area contributed by atoms with Crippen LogP contribution in [0, 0.1) is 0 Å². The van der Waals surface area contributed by atoms with Gasteiger partial charge in [-0.2, -0.15) is 5.10 Å². The van der Waals surface area contributed by atoms with E-state index in [1.807, 2.05) is 6.92 Å². The molecule has 0 aliphatic heterocycles. The Balaban J connectivity index is 2.30. The van der Waals surface area contributed by atoms with E-state index in [1.165, 1.54) is 0 Å². The molecule has 0 aliphatic carbocycles. The minimum atomic E-state index is -0.0423. The van der Waals surface area contributed by atoms with Crippen molar-refractivity contribution in [2.24, 2.45) is 0 Å². The Morgan fingerprint density at radius 3 is 3.06 bits per heavy atom. The van der Waals surface area contributed by atoms with Crippen LogP contribution in [0.15, 0.2) is 24.8 Å². The number of fused-ring (bicyclic) bond motifs is 1. The van der Waals surface area contributed by atoms with Gasteiger partial charge in [0.2, 0.25) is 0 Å². The molecule has 0 N–H and O–H groups in total. The molecule has 2 aromatic rings. The van der Waals surface area contributed by atoms with Gasteiger partial charge in [-0.25, -0.2) is 4.52 Å². The van der Waals surface area contributed by atoms with Gasteiger partial charge in [0, 0.05) is 30.8 Å². The molecule has 1 amide bonds. The Kier molecular flexibility index (Phi) is 3.42. The molecule has 0 bridgehead atoms. The molecule has 5 nitrogen and oxygen atoms in total. The summed E-state index contributed by atoms with van der Waals surface area (Å²) in [6.07, 6.45) is 6.58. The van der Waals surface area contributed by atoms with E-state index in [0.717, 1.165) is 5.52 Å². The minimum Gasteiger partial charge on any atom is -0.340 e. The van der Waals surface area contributed by atoms with Crippen LogP contribution in [0.5, 0.6) is 0 Å². The number of alkyl halides is 1. The zero-order valence-corrected chi connectivity index (χ0v) is 11.3. The van der Waals surface area contributed by atoms with E-state index in [-0.39, 0.29) is 10.7 Å². The topological polar surface area (TPSA) is 50.5 Å². The predicted octanol–water partition coefficient (Wildman–Crippen LogP) is 1.58. The van der Waals surface area contributed by atoms with Crippen LogP contribution in [0.1, 0.15) is 17.3 Å². The number of amides is 1. The van der Waals surface area contributed by atoms with Crippen molar-refractivity contribution < 1.29 is 4.79 Å². The van der Waals surface area contributed by atoms with E-state index in [0.29, 0.717) is 12.1 Å². The van der Waals surface area contributed by atoms with E-state index in [2.05, 4.69) is 26.0 Å². The van der Waals surface area contributed by atoms with Gasteiger partial charge in [0.15, 0.2) is 0 Å². The maximum atomic E-state index is 12.2. The summed E-state index contributed by atoms with van der Waals surface area (Å²) >= 11 is 3.43. The van der Waals surface area contributed by atoms with Crippen LogP contribution in [0.4, 0.5) is 0 Å². The molecule has 17 heavy (non-hydrogen) atoms. The first-order chi connectivity index (χ1) is 8.09. The highest BCUT2D eigenvalue weighted by molar-refractivity contribution is 9.09. The second-order valence-electron chi connectivity index (χ2n) is 3.93. The molecule has 0 saturated heterocycles. The standard InChI is InChI=1S/C11H13BrN4O/c1-8(12)7-15(2)11(17)9-5-14-16-4-3-13-6-10(9)16/h3-6,8H,7H2,1-2H3. The highest BCUT2D eigenvalue weighted by Crippen LogP contribution is 2.12. The van der Waals surface area contributed by atoms with E-state index in [9.17, 15) is 4.79 Å². The number of hydrogen-bond donors (Lipinski definition) is 0. The Hall–Kier alpha value is -1.43. The lowest BCUT2D eigenvalue weighted by Crippen LogP contribution is -2.31. The number of carbonyl (C=O) groups excluding carboxylic acids is 1. The highest BCUT2D eigenvalue weighted by atomic mass is 79.9. The Morgan fingerprint density at radius 1 is 1.59 bits per heavy atom. The maximum Gasteiger partial charge on any atom is 0.257 e. The summed E-state index contributed by atoms with van der Waals surface area (Å²) in [4.78, 5) is 18.1. The summed E-state index contributed by atoms with van der Waals surface area (Å²) in [5.74, 6) is -0.0423. The van der Waals surface area contributed by atoms with Crippen molar-refractivity contribution in [1.82, 2.24) is 19.5 Å². The van der Waals surface area contributed by atoms with Crippen LogP contribution in [0.3, 0.4) is 0 Å². The van der Waals surface area contributed by atoms with Crippen LogP contribution in [-0.2, 0) is 0 Å². The van der Waals surface area contributed by atoms with Crippen molar-refractivity contribution in [3.05, 3.63) is 30.4 Å². The number of aromatic nitrogens is 3. The Morgan fingerprint density at radius 2 is 2.35 bits per heavy atom. The third-order valence-electron chi connectivity index (χ3n) is 2.43. The van der Waals surface area contributed by atoms with Gasteiger partial charge < -0.3 is 4.90 Å². The molecule has 0 aliphatic rings. The molecule has 0 radical (unpaired) electrons. The maximum absolute atomic E-state index is 12.2. The van der Waals surface area contributed by atoms with Gasteiger partial charge in [0.1, 0.15) is 0 Å². The second kappa shape index (κ2) is 4.83. The fourth-order valence-corrected chi connectivity index (χ4v) is 2.10. The van der Waals surface area contributed by atoms with Gasteiger partial charge >= 0.3 is 0 Å². The fourth-order valence-electron chi connectivity index (χ4n) is 1.67. The van der Waals surface area contributed by atoms with Gasteiger partial charge in [-0.15, -0.1) is 0 Å². The molecule has 2 aromatic heterocycles. The third-order valence-corrected chi connectivity index (χ3v) is 2.72. The molecule has 2 heterocycles. The molecule has 0 saturated carbocycles. The van der Waals surface area contributed by atoms with Crippen LogP contribution in [-0.4, -0.2) is 43.8 Å². The van der Waals surface area contributed by atoms with Crippen molar-refractivity contribution in [1.29, 1.82) is 0 Å². The minimum absolute atomic E-state index is 0.0423. The van der Waals surface area contributed by atoms with E-state index >= 15 is 0 Å². The number of halogens is 1. The van der Waals surface area contributed by atoms with Crippen molar-refractivity contribution in [3.8, 4) is 0 Å². The van der Waals surface area contributed by atoms with Crippen LogP contribution >= 0.6 is 15.9 Å². The van der Waals surface area contributed by atoms with Gasteiger partial charge in [-0.3, -0.25) is 9.78 Å². The number of rotatable bonds is 3. The molecule has 0 spiro atoms. The highest BCUT2D eigenvalue weighted by Gasteiger charge is 2.17. The molecule has 1 atom stereocenters. The lowest BCUT2D eigenvalue weighted by atomic mass is 10.2. The van der Waals surface area contributed by atoms with E-state index in [1.54, 1.807) is 41.3 Å². The lowest BCUT2D eigenvalue weighted by Gasteiger charge is -2.17. The van der Waals surface area contributed by atoms with E-state index in [4.69, 9.17) is 0 Å². The monoisotopic (exact) mass is 296 g/mol. The number of nitrogens with zero attached hydrogens (tertiary/aromatic N) is 4. The van der Waals surface area contributed by atoms with Crippen molar-refractivity contribution in [3.63, 3.8) is 0 Å². The molecular weight excluding hydrogens is 284 g/mol. The van der Waals surface area contributed by atoms with Crippen LogP contribution in [0.25, 0.3) is 5.52 Å². The SMILES string of the molecule is CC(Br)CN(C)C(=O)c1cnn2ccncc12. The van der Waals surface area contributed by atoms with Gasteiger partial charge in [0.25, 0.3) is 5.91 Å². The summed E-state index contributed by atoms with van der Waals surface area (Å²) in [6.45, 7) is 2.65. The summed E-state index contributed by atoms with van der Waals surface area (Å²) in [7, 11) is 1.78. The van der Waals surface area contributed by atoms with Crippen molar-refractivity contribution in [2.45, 2.75) is 11.8 Å². The zero-order valence-electron chi connectivity index (χ0n) is 9.67. The number of hydrogen-bond acceptors (Lipinski definition) is 3. The first-order valence-electron chi connectivity index (χ1n) is 5.26. The summed E-state index contributed by atoms with van der Waals surface area (Å²) in [5, 5.41) is 4.12. The first kappa shape index (κ1) is 12.0.